The number of nitrogens with one attached hydrogen (secondary N) is 1. The number of carbonyl (C=O) groups is 1. The molecule has 0 aliphatic carbocycles. The Bertz CT molecular complexity index is 1310. The van der Waals surface area contributed by atoms with Gasteiger partial charge in [-0.3, -0.25) is 4.79 Å². The predicted molar refractivity (Wildman–Crippen MR) is 149 cm³/mol. The van der Waals surface area contributed by atoms with E-state index in [9.17, 15) is 4.79 Å². The Hall–Kier alpha value is -3.80. The van der Waals surface area contributed by atoms with Crippen LogP contribution in [0.5, 0.6) is 11.5 Å². The fraction of sp³-hybridized carbons (Fsp3) is 0.355. The molecular weight excluding hydrogens is 462 g/mol. The van der Waals surface area contributed by atoms with Gasteiger partial charge in [-0.2, -0.15) is 0 Å². The number of aromatic nitrogens is 2. The van der Waals surface area contributed by atoms with Crippen molar-refractivity contribution < 1.29 is 14.3 Å². The van der Waals surface area contributed by atoms with Gasteiger partial charge in [0.15, 0.2) is 0 Å². The Kier molecular flexibility index (Phi) is 9.19. The first-order chi connectivity index (χ1) is 18.0. The van der Waals surface area contributed by atoms with Crippen molar-refractivity contribution in [3.05, 3.63) is 89.2 Å². The second-order valence-electron chi connectivity index (χ2n) is 9.49. The van der Waals surface area contributed by atoms with Gasteiger partial charge < -0.3 is 19.4 Å². The first kappa shape index (κ1) is 26.3. The molecule has 1 aromatic heterocycles. The van der Waals surface area contributed by atoms with Gasteiger partial charge in [0.25, 0.3) is 5.91 Å². The van der Waals surface area contributed by atoms with Gasteiger partial charge in [-0.25, -0.2) is 4.98 Å². The molecular formula is C31H37N3O3. The zero-order chi connectivity index (χ0) is 26.0. The molecule has 0 unspecified atom stereocenters. The van der Waals surface area contributed by atoms with Crippen LogP contribution in [0, 0.1) is 13.8 Å². The van der Waals surface area contributed by atoms with Gasteiger partial charge in [-0.1, -0.05) is 30.7 Å². The van der Waals surface area contributed by atoms with Crippen molar-refractivity contribution >= 4 is 16.9 Å². The monoisotopic (exact) mass is 499 g/mol. The minimum atomic E-state index is -0.0660. The van der Waals surface area contributed by atoms with Gasteiger partial charge in [-0.05, 0) is 86.7 Å². The molecule has 0 saturated carbocycles. The van der Waals surface area contributed by atoms with E-state index < -0.39 is 0 Å². The van der Waals surface area contributed by atoms with Gasteiger partial charge in [0, 0.05) is 25.1 Å². The Morgan fingerprint density at radius 2 is 1.70 bits per heavy atom. The van der Waals surface area contributed by atoms with Crippen molar-refractivity contribution in [3.63, 3.8) is 0 Å². The van der Waals surface area contributed by atoms with Crippen LogP contribution < -0.4 is 14.8 Å². The van der Waals surface area contributed by atoms with E-state index >= 15 is 0 Å². The average Bonchev–Trinajstić information content (AvgIpc) is 3.25. The summed E-state index contributed by atoms with van der Waals surface area (Å²) in [6.45, 7) is 6.39. The molecule has 6 nitrogen and oxygen atoms in total. The van der Waals surface area contributed by atoms with Crippen LogP contribution in [-0.4, -0.2) is 35.7 Å². The number of amides is 1. The fourth-order valence-corrected chi connectivity index (χ4v) is 4.65. The molecule has 3 aromatic carbocycles. The lowest BCUT2D eigenvalue weighted by molar-refractivity contribution is 0.0952. The van der Waals surface area contributed by atoms with Gasteiger partial charge in [-0.15, -0.1) is 0 Å². The highest BCUT2D eigenvalue weighted by atomic mass is 16.5. The Morgan fingerprint density at radius 1 is 0.892 bits per heavy atom. The van der Waals surface area contributed by atoms with Crippen LogP contribution in [0.1, 0.15) is 53.0 Å². The summed E-state index contributed by atoms with van der Waals surface area (Å²) in [5.41, 5.74) is 5.28. The van der Waals surface area contributed by atoms with Crippen molar-refractivity contribution in [1.29, 1.82) is 0 Å². The number of aryl methyl sites for hydroxylation is 4. The van der Waals surface area contributed by atoms with Crippen molar-refractivity contribution in [3.8, 4) is 11.5 Å². The lowest BCUT2D eigenvalue weighted by Crippen LogP contribution is -2.24. The Labute approximate surface area is 219 Å². The fourth-order valence-electron chi connectivity index (χ4n) is 4.65. The number of hydrogen-bond donors (Lipinski definition) is 1. The molecule has 0 saturated heterocycles. The summed E-state index contributed by atoms with van der Waals surface area (Å²) in [6, 6.07) is 21.9. The highest BCUT2D eigenvalue weighted by Crippen LogP contribution is 2.20. The molecule has 0 bridgehead atoms. The minimum absolute atomic E-state index is 0.0660. The number of imidazole rings is 1. The molecule has 1 amide bonds. The van der Waals surface area contributed by atoms with Gasteiger partial charge in [0.2, 0.25) is 0 Å². The molecule has 4 rings (SSSR count). The van der Waals surface area contributed by atoms with Crippen LogP contribution in [0.3, 0.4) is 0 Å². The van der Waals surface area contributed by atoms with E-state index in [2.05, 4.69) is 60.1 Å². The van der Waals surface area contributed by atoms with E-state index in [4.69, 9.17) is 14.5 Å². The highest BCUT2D eigenvalue weighted by molar-refractivity contribution is 5.94. The van der Waals surface area contributed by atoms with Crippen molar-refractivity contribution in [2.24, 2.45) is 0 Å². The molecule has 0 fully saturated rings. The molecule has 4 aromatic rings. The SMILES string of the molecule is COc1cccc(C(=O)NCCCCCc2nc3ccccc3n2CCCOc2cc(C)cc(C)c2)c1. The Balaban J connectivity index is 1.25. The van der Waals surface area contributed by atoms with Crippen LogP contribution in [0.4, 0.5) is 0 Å². The largest absolute Gasteiger partial charge is 0.497 e. The van der Waals surface area contributed by atoms with E-state index in [1.165, 1.54) is 16.6 Å². The van der Waals surface area contributed by atoms with Crippen molar-refractivity contribution in [1.82, 2.24) is 14.9 Å². The van der Waals surface area contributed by atoms with Crippen molar-refractivity contribution in [2.75, 3.05) is 20.3 Å². The number of rotatable bonds is 13. The van der Waals surface area contributed by atoms with Gasteiger partial charge in [0.1, 0.15) is 17.3 Å². The smallest absolute Gasteiger partial charge is 0.251 e. The predicted octanol–water partition coefficient (Wildman–Crippen LogP) is 6.27. The van der Waals surface area contributed by atoms with E-state index in [0.29, 0.717) is 24.5 Å². The summed E-state index contributed by atoms with van der Waals surface area (Å²) in [4.78, 5) is 17.3. The normalized spacial score (nSPS) is 11.0. The van der Waals surface area contributed by atoms with E-state index in [-0.39, 0.29) is 5.91 Å². The lowest BCUT2D eigenvalue weighted by atomic mass is 10.1. The summed E-state index contributed by atoms with van der Waals surface area (Å²) in [5.74, 6) is 2.68. The number of nitrogens with zero attached hydrogens (tertiary/aromatic N) is 2. The van der Waals surface area contributed by atoms with Crippen LogP contribution in [0.25, 0.3) is 11.0 Å². The standard InChI is InChI=1S/C31H37N3O3/c1-23-19-24(2)21-27(20-23)37-18-10-17-34-29-14-7-6-13-28(29)33-30(34)15-5-4-8-16-32-31(35)25-11-9-12-26(22-25)36-3/h6-7,9,11-14,19-22H,4-5,8,10,15-18H2,1-3H3,(H,32,35). The highest BCUT2D eigenvalue weighted by Gasteiger charge is 2.11. The van der Waals surface area contributed by atoms with Crippen LogP contribution in [0.2, 0.25) is 0 Å². The molecule has 0 aliphatic rings. The second-order valence-corrected chi connectivity index (χ2v) is 9.49. The summed E-state index contributed by atoms with van der Waals surface area (Å²) in [6.07, 6.45) is 4.81. The van der Waals surface area contributed by atoms with Crippen LogP contribution in [-0.2, 0) is 13.0 Å². The zero-order valence-electron chi connectivity index (χ0n) is 22.1. The number of benzene rings is 3. The molecule has 6 heteroatoms. The van der Waals surface area contributed by atoms with Crippen LogP contribution in [0.15, 0.2) is 66.7 Å². The minimum Gasteiger partial charge on any atom is -0.497 e. The topological polar surface area (TPSA) is 65.4 Å². The summed E-state index contributed by atoms with van der Waals surface area (Å²) in [7, 11) is 1.60. The maximum absolute atomic E-state index is 12.4. The number of hydrogen-bond acceptors (Lipinski definition) is 4. The molecule has 0 atom stereocenters. The first-order valence-electron chi connectivity index (χ1n) is 13.1. The number of methoxy groups -OCH3 is 1. The van der Waals surface area contributed by atoms with Crippen molar-refractivity contribution in [2.45, 2.75) is 52.5 Å². The summed E-state index contributed by atoms with van der Waals surface area (Å²) < 4.78 is 13.6. The number of unbranched alkanes of at least 4 members (excludes halogenated alkanes) is 2. The van der Waals surface area contributed by atoms with Gasteiger partial charge >= 0.3 is 0 Å². The zero-order valence-corrected chi connectivity index (χ0v) is 22.1. The quantitative estimate of drug-likeness (QED) is 0.220. The number of carbonyl (C=O) groups excluding carboxylic acids is 1. The van der Waals surface area contributed by atoms with E-state index in [1.54, 1.807) is 19.2 Å². The number of ether oxygens (including phenoxy) is 2. The van der Waals surface area contributed by atoms with E-state index in [1.807, 2.05) is 18.2 Å². The molecule has 37 heavy (non-hydrogen) atoms. The Morgan fingerprint density at radius 3 is 2.51 bits per heavy atom. The van der Waals surface area contributed by atoms with Crippen LogP contribution >= 0.6 is 0 Å². The third-order valence-corrected chi connectivity index (χ3v) is 6.42. The lowest BCUT2D eigenvalue weighted by Gasteiger charge is -2.11. The average molecular weight is 500 g/mol. The maximum Gasteiger partial charge on any atom is 0.251 e. The van der Waals surface area contributed by atoms with E-state index in [0.717, 1.165) is 55.7 Å². The molecule has 1 heterocycles. The summed E-state index contributed by atoms with van der Waals surface area (Å²) >= 11 is 0. The molecule has 194 valence electrons. The molecule has 0 aliphatic heterocycles. The molecule has 0 spiro atoms. The van der Waals surface area contributed by atoms with Gasteiger partial charge in [0.05, 0.1) is 24.8 Å². The number of fused-ring (bicyclic) bond motifs is 1. The molecule has 1 N–H and O–H groups in total. The number of para-hydroxylation sites is 2. The third-order valence-electron chi connectivity index (χ3n) is 6.42. The maximum atomic E-state index is 12.4. The summed E-state index contributed by atoms with van der Waals surface area (Å²) in [5, 5.41) is 3.01. The third kappa shape index (κ3) is 7.35. The molecule has 0 radical (unpaired) electrons. The first-order valence-corrected chi connectivity index (χ1v) is 13.1. The second kappa shape index (κ2) is 12.9.